The fraction of sp³-hybridized carbons (Fsp3) is 0.500. The highest BCUT2D eigenvalue weighted by molar-refractivity contribution is 7.85. The molecule has 0 fully saturated rings. The van der Waals surface area contributed by atoms with E-state index in [-0.39, 0.29) is 16.4 Å². The Morgan fingerprint density at radius 3 is 2.35 bits per heavy atom. The Morgan fingerprint density at radius 2 is 1.90 bits per heavy atom. The van der Waals surface area contributed by atoms with Gasteiger partial charge < -0.3 is 5.32 Å². The van der Waals surface area contributed by atoms with Crippen LogP contribution in [0.25, 0.3) is 0 Å². The van der Waals surface area contributed by atoms with Gasteiger partial charge in [0.15, 0.2) is 0 Å². The number of benzene rings is 1. The quantitative estimate of drug-likeness (QED) is 0.836. The summed E-state index contributed by atoms with van der Waals surface area (Å²) < 4.78 is 32.1. The molecule has 0 aliphatic heterocycles. The second-order valence-corrected chi connectivity index (χ2v) is 7.14. The summed E-state index contributed by atoms with van der Waals surface area (Å²) in [5.41, 5.74) is 0.312. The average Bonchev–Trinajstić information content (AvgIpc) is 2.26. The van der Waals surface area contributed by atoms with Crippen LogP contribution in [0.3, 0.4) is 0 Å². The molecule has 1 rings (SSSR count). The second kappa shape index (κ2) is 5.93. The van der Waals surface area contributed by atoms with Gasteiger partial charge in [0, 0.05) is 11.1 Å². The molecule has 2 N–H and O–H groups in total. The van der Waals surface area contributed by atoms with Gasteiger partial charge in [-0.25, -0.2) is 0 Å². The van der Waals surface area contributed by atoms with Gasteiger partial charge in [-0.15, -0.1) is 0 Å². The SMILES string of the molecule is CCCc1ccc(C(=O)NC(C)(C)C)cc1S(=O)(=O)O. The molecule has 0 heterocycles. The molecule has 0 atom stereocenters. The van der Waals surface area contributed by atoms with Crippen LogP contribution in [0.15, 0.2) is 23.1 Å². The first-order valence-electron chi connectivity index (χ1n) is 6.47. The number of hydrogen-bond acceptors (Lipinski definition) is 3. The zero-order valence-corrected chi connectivity index (χ0v) is 13.0. The van der Waals surface area contributed by atoms with Crippen LogP contribution < -0.4 is 5.32 Å². The van der Waals surface area contributed by atoms with Crippen LogP contribution in [-0.4, -0.2) is 24.4 Å². The number of rotatable bonds is 4. The highest BCUT2D eigenvalue weighted by Gasteiger charge is 2.20. The lowest BCUT2D eigenvalue weighted by molar-refractivity contribution is 0.0919. The molecule has 1 aromatic carbocycles. The van der Waals surface area contributed by atoms with Crippen molar-refractivity contribution in [3.63, 3.8) is 0 Å². The van der Waals surface area contributed by atoms with E-state index < -0.39 is 15.7 Å². The van der Waals surface area contributed by atoms with E-state index in [1.165, 1.54) is 6.07 Å². The third-order valence-electron chi connectivity index (χ3n) is 2.62. The number of carbonyl (C=O) groups excluding carboxylic acids is 1. The third-order valence-corrected chi connectivity index (χ3v) is 3.55. The van der Waals surface area contributed by atoms with Gasteiger partial charge in [0.25, 0.3) is 16.0 Å². The van der Waals surface area contributed by atoms with Gasteiger partial charge in [-0.05, 0) is 44.9 Å². The minimum atomic E-state index is -4.34. The summed E-state index contributed by atoms with van der Waals surface area (Å²) in [6.07, 6.45) is 1.27. The van der Waals surface area contributed by atoms with Gasteiger partial charge in [-0.2, -0.15) is 8.42 Å². The van der Waals surface area contributed by atoms with E-state index in [0.29, 0.717) is 12.0 Å². The zero-order valence-electron chi connectivity index (χ0n) is 12.2. The normalized spacial score (nSPS) is 12.2. The average molecular weight is 299 g/mol. The van der Waals surface area contributed by atoms with Crippen molar-refractivity contribution < 1.29 is 17.8 Å². The van der Waals surface area contributed by atoms with Gasteiger partial charge in [-0.1, -0.05) is 19.4 Å². The van der Waals surface area contributed by atoms with E-state index in [0.717, 1.165) is 6.42 Å². The van der Waals surface area contributed by atoms with Gasteiger partial charge in [-0.3, -0.25) is 9.35 Å². The Morgan fingerprint density at radius 1 is 1.30 bits per heavy atom. The molecule has 0 saturated carbocycles. The Balaban J connectivity index is 3.23. The molecular weight excluding hydrogens is 278 g/mol. The molecule has 1 amide bonds. The van der Waals surface area contributed by atoms with Crippen LogP contribution in [-0.2, 0) is 16.5 Å². The Labute approximate surface area is 120 Å². The largest absolute Gasteiger partial charge is 0.347 e. The van der Waals surface area contributed by atoms with Crippen LogP contribution >= 0.6 is 0 Å². The summed E-state index contributed by atoms with van der Waals surface area (Å²) in [7, 11) is -4.34. The van der Waals surface area contributed by atoms with Crippen LogP contribution in [0.4, 0.5) is 0 Å². The molecule has 0 radical (unpaired) electrons. The lowest BCUT2D eigenvalue weighted by Gasteiger charge is -2.20. The maximum absolute atomic E-state index is 12.0. The summed E-state index contributed by atoms with van der Waals surface area (Å²) in [6.45, 7) is 7.41. The van der Waals surface area contributed by atoms with E-state index in [2.05, 4.69) is 5.32 Å². The van der Waals surface area contributed by atoms with E-state index in [1.54, 1.807) is 12.1 Å². The van der Waals surface area contributed by atoms with Crippen molar-refractivity contribution in [2.24, 2.45) is 0 Å². The number of aryl methyl sites for hydroxylation is 1. The van der Waals surface area contributed by atoms with Crippen molar-refractivity contribution in [1.29, 1.82) is 0 Å². The predicted octanol–water partition coefficient (Wildman–Crippen LogP) is 2.41. The summed E-state index contributed by atoms with van der Waals surface area (Å²) in [6, 6.07) is 4.37. The third kappa shape index (κ3) is 4.61. The van der Waals surface area contributed by atoms with Gasteiger partial charge in [0.05, 0.1) is 4.90 Å². The van der Waals surface area contributed by atoms with Crippen molar-refractivity contribution in [3.8, 4) is 0 Å². The van der Waals surface area contributed by atoms with E-state index in [4.69, 9.17) is 0 Å². The molecule has 1 aromatic rings. The molecule has 0 aliphatic carbocycles. The summed E-state index contributed by atoms with van der Waals surface area (Å²) in [4.78, 5) is 11.8. The van der Waals surface area contributed by atoms with Crippen molar-refractivity contribution in [2.75, 3.05) is 0 Å². The predicted molar refractivity (Wildman–Crippen MR) is 77.5 cm³/mol. The minimum absolute atomic E-state index is 0.194. The summed E-state index contributed by atoms with van der Waals surface area (Å²) in [5, 5.41) is 2.75. The molecule has 0 unspecified atom stereocenters. The molecule has 0 spiro atoms. The maximum atomic E-state index is 12.0. The molecule has 0 aromatic heterocycles. The molecule has 0 saturated heterocycles. The zero-order chi connectivity index (χ0) is 15.6. The number of nitrogens with one attached hydrogen (secondary N) is 1. The molecule has 0 bridgehead atoms. The topological polar surface area (TPSA) is 83.5 Å². The molecule has 6 heteroatoms. The minimum Gasteiger partial charge on any atom is -0.347 e. The summed E-state index contributed by atoms with van der Waals surface area (Å²) >= 11 is 0. The van der Waals surface area contributed by atoms with Gasteiger partial charge >= 0.3 is 0 Å². The Bertz CT molecular complexity index is 600. The second-order valence-electron chi connectivity index (χ2n) is 5.75. The molecule has 20 heavy (non-hydrogen) atoms. The van der Waals surface area contributed by atoms with Crippen molar-refractivity contribution in [3.05, 3.63) is 29.3 Å². The fourth-order valence-electron chi connectivity index (χ4n) is 1.82. The molecule has 112 valence electrons. The monoisotopic (exact) mass is 299 g/mol. The smallest absolute Gasteiger partial charge is 0.294 e. The molecule has 5 nitrogen and oxygen atoms in total. The van der Waals surface area contributed by atoms with E-state index in [1.807, 2.05) is 27.7 Å². The van der Waals surface area contributed by atoms with Crippen LogP contribution in [0.5, 0.6) is 0 Å². The fourth-order valence-corrected chi connectivity index (χ4v) is 2.60. The Hall–Kier alpha value is -1.40. The van der Waals surface area contributed by atoms with Crippen LogP contribution in [0, 0.1) is 0 Å². The first kappa shape index (κ1) is 16.7. The lowest BCUT2D eigenvalue weighted by atomic mass is 10.1. The summed E-state index contributed by atoms with van der Waals surface area (Å²) in [5.74, 6) is -0.370. The lowest BCUT2D eigenvalue weighted by Crippen LogP contribution is -2.40. The Kier molecular flexibility index (Phi) is 4.94. The molecular formula is C14H21NO4S. The highest BCUT2D eigenvalue weighted by atomic mass is 32.2. The maximum Gasteiger partial charge on any atom is 0.294 e. The van der Waals surface area contributed by atoms with Crippen LogP contribution in [0.2, 0.25) is 0 Å². The number of hydrogen-bond donors (Lipinski definition) is 2. The van der Waals surface area contributed by atoms with Crippen molar-refractivity contribution in [2.45, 2.75) is 51.0 Å². The van der Waals surface area contributed by atoms with E-state index >= 15 is 0 Å². The van der Waals surface area contributed by atoms with E-state index in [9.17, 15) is 17.8 Å². The number of amides is 1. The first-order chi connectivity index (χ1) is 9.04. The molecule has 0 aliphatic rings. The van der Waals surface area contributed by atoms with Crippen molar-refractivity contribution >= 4 is 16.0 Å². The van der Waals surface area contributed by atoms with Gasteiger partial charge in [0.2, 0.25) is 0 Å². The standard InChI is InChI=1S/C14H21NO4S/c1-5-6-10-7-8-11(9-12(10)20(17,18)19)13(16)15-14(2,3)4/h7-9H,5-6H2,1-4H3,(H,15,16)(H,17,18,19). The highest BCUT2D eigenvalue weighted by Crippen LogP contribution is 2.19. The van der Waals surface area contributed by atoms with Crippen LogP contribution in [0.1, 0.15) is 50.0 Å². The number of carbonyl (C=O) groups is 1. The van der Waals surface area contributed by atoms with Gasteiger partial charge in [0.1, 0.15) is 0 Å². The first-order valence-corrected chi connectivity index (χ1v) is 7.91. The van der Waals surface area contributed by atoms with Crippen molar-refractivity contribution in [1.82, 2.24) is 5.32 Å².